The fourth-order valence-electron chi connectivity index (χ4n) is 2.17. The highest BCUT2D eigenvalue weighted by molar-refractivity contribution is 5.85. The Morgan fingerprint density at radius 2 is 1.90 bits per heavy atom. The molecule has 1 saturated heterocycles. The molecule has 1 fully saturated rings. The zero-order valence-corrected chi connectivity index (χ0v) is 11.7. The van der Waals surface area contributed by atoms with Gasteiger partial charge in [-0.1, -0.05) is 18.2 Å². The van der Waals surface area contributed by atoms with Crippen LogP contribution in [-0.2, 0) is 0 Å². The monoisotopic (exact) mass is 290 g/mol. The highest BCUT2D eigenvalue weighted by Gasteiger charge is 2.21. The standard InChI is InChI=1S/C14H14N4O.ClH/c15-10-12-14(18-8-6-16-7-9-18)19-13(17-12)11-4-2-1-3-5-11;/h1-5,16H,6-9H2;1H. The molecule has 1 aliphatic heterocycles. The van der Waals surface area contributed by atoms with E-state index in [2.05, 4.69) is 21.3 Å². The van der Waals surface area contributed by atoms with Crippen LogP contribution in [0, 0.1) is 11.3 Å². The number of piperazine rings is 1. The van der Waals surface area contributed by atoms with Crippen molar-refractivity contribution in [3.05, 3.63) is 36.0 Å². The molecule has 2 aromatic rings. The van der Waals surface area contributed by atoms with E-state index in [-0.39, 0.29) is 12.4 Å². The Kier molecular flexibility index (Phi) is 4.61. The van der Waals surface area contributed by atoms with Crippen molar-refractivity contribution in [1.82, 2.24) is 10.3 Å². The molecule has 6 heteroatoms. The van der Waals surface area contributed by atoms with Gasteiger partial charge in [0.05, 0.1) is 0 Å². The number of nitrogens with zero attached hydrogens (tertiary/aromatic N) is 3. The van der Waals surface area contributed by atoms with Gasteiger partial charge < -0.3 is 14.6 Å². The molecule has 20 heavy (non-hydrogen) atoms. The fourth-order valence-corrected chi connectivity index (χ4v) is 2.17. The van der Waals surface area contributed by atoms with Crippen molar-refractivity contribution in [3.8, 4) is 17.5 Å². The first-order chi connectivity index (χ1) is 9.38. The van der Waals surface area contributed by atoms with Gasteiger partial charge in [0.25, 0.3) is 0 Å². The molecule has 1 aromatic heterocycles. The molecule has 0 radical (unpaired) electrons. The summed E-state index contributed by atoms with van der Waals surface area (Å²) < 4.78 is 5.80. The van der Waals surface area contributed by atoms with Crippen molar-refractivity contribution in [2.24, 2.45) is 0 Å². The van der Waals surface area contributed by atoms with Crippen LogP contribution in [0.15, 0.2) is 34.7 Å². The number of aromatic nitrogens is 1. The Morgan fingerprint density at radius 3 is 2.55 bits per heavy atom. The molecule has 0 spiro atoms. The van der Waals surface area contributed by atoms with Crippen molar-refractivity contribution in [2.45, 2.75) is 0 Å². The van der Waals surface area contributed by atoms with E-state index in [4.69, 9.17) is 4.42 Å². The first kappa shape index (κ1) is 14.4. The number of hydrogen-bond acceptors (Lipinski definition) is 5. The van der Waals surface area contributed by atoms with Gasteiger partial charge >= 0.3 is 0 Å². The number of rotatable bonds is 2. The van der Waals surface area contributed by atoms with Gasteiger partial charge in [0.1, 0.15) is 6.07 Å². The van der Waals surface area contributed by atoms with Gasteiger partial charge in [-0.15, -0.1) is 12.4 Å². The second-order valence-corrected chi connectivity index (χ2v) is 4.39. The van der Waals surface area contributed by atoms with E-state index < -0.39 is 0 Å². The number of halogens is 1. The Hall–Kier alpha value is -2.03. The van der Waals surface area contributed by atoms with Crippen LogP contribution in [0.25, 0.3) is 11.5 Å². The first-order valence-corrected chi connectivity index (χ1v) is 6.30. The van der Waals surface area contributed by atoms with E-state index in [1.807, 2.05) is 30.3 Å². The summed E-state index contributed by atoms with van der Waals surface area (Å²) in [4.78, 5) is 6.35. The van der Waals surface area contributed by atoms with Crippen LogP contribution < -0.4 is 10.2 Å². The van der Waals surface area contributed by atoms with E-state index >= 15 is 0 Å². The largest absolute Gasteiger partial charge is 0.419 e. The molecular formula is C14H15ClN4O. The molecule has 1 N–H and O–H groups in total. The number of anilines is 1. The molecule has 0 unspecified atom stereocenters. The zero-order valence-electron chi connectivity index (χ0n) is 10.9. The van der Waals surface area contributed by atoms with Crippen LogP contribution in [-0.4, -0.2) is 31.2 Å². The maximum Gasteiger partial charge on any atom is 0.235 e. The lowest BCUT2D eigenvalue weighted by atomic mass is 10.2. The normalized spacial score (nSPS) is 14.4. The molecule has 2 heterocycles. The van der Waals surface area contributed by atoms with Crippen LogP contribution in [0.5, 0.6) is 0 Å². The summed E-state index contributed by atoms with van der Waals surface area (Å²) in [6, 6.07) is 11.8. The third-order valence-electron chi connectivity index (χ3n) is 3.14. The van der Waals surface area contributed by atoms with Crippen molar-refractivity contribution < 1.29 is 4.42 Å². The van der Waals surface area contributed by atoms with Crippen molar-refractivity contribution in [1.29, 1.82) is 5.26 Å². The van der Waals surface area contributed by atoms with Crippen molar-refractivity contribution in [2.75, 3.05) is 31.1 Å². The van der Waals surface area contributed by atoms with Gasteiger partial charge in [0.15, 0.2) is 0 Å². The third kappa shape index (κ3) is 2.77. The van der Waals surface area contributed by atoms with Gasteiger partial charge in [-0.25, -0.2) is 0 Å². The van der Waals surface area contributed by atoms with Crippen LogP contribution in [0.2, 0.25) is 0 Å². The van der Waals surface area contributed by atoms with E-state index in [0.29, 0.717) is 17.5 Å². The third-order valence-corrected chi connectivity index (χ3v) is 3.14. The molecule has 0 aliphatic carbocycles. The zero-order chi connectivity index (χ0) is 13.1. The van der Waals surface area contributed by atoms with Crippen molar-refractivity contribution >= 4 is 18.3 Å². The van der Waals surface area contributed by atoms with Crippen molar-refractivity contribution in [3.63, 3.8) is 0 Å². The summed E-state index contributed by atoms with van der Waals surface area (Å²) in [5.41, 5.74) is 1.25. The lowest BCUT2D eigenvalue weighted by molar-refractivity contribution is 0.512. The quantitative estimate of drug-likeness (QED) is 0.917. The van der Waals surface area contributed by atoms with Crippen LogP contribution >= 0.6 is 12.4 Å². The molecule has 0 amide bonds. The topological polar surface area (TPSA) is 65.1 Å². The molecule has 5 nitrogen and oxygen atoms in total. The van der Waals surface area contributed by atoms with Crippen LogP contribution in [0.1, 0.15) is 5.69 Å². The van der Waals surface area contributed by atoms with E-state index in [1.54, 1.807) is 0 Å². The summed E-state index contributed by atoms with van der Waals surface area (Å²) in [6.45, 7) is 3.45. The molecule has 1 aliphatic rings. The van der Waals surface area contributed by atoms with Crippen LogP contribution in [0.4, 0.5) is 5.88 Å². The SMILES string of the molecule is Cl.N#Cc1nc(-c2ccccc2)oc1N1CCNCC1. The number of benzene rings is 1. The maximum atomic E-state index is 9.19. The minimum Gasteiger partial charge on any atom is -0.419 e. The highest BCUT2D eigenvalue weighted by atomic mass is 35.5. The predicted molar refractivity (Wildman–Crippen MR) is 79.0 cm³/mol. The van der Waals surface area contributed by atoms with Gasteiger partial charge in [-0.3, -0.25) is 0 Å². The van der Waals surface area contributed by atoms with E-state index in [1.165, 1.54) is 0 Å². The summed E-state index contributed by atoms with van der Waals surface area (Å²) in [5.74, 6) is 1.09. The van der Waals surface area contributed by atoms with E-state index in [9.17, 15) is 5.26 Å². The minimum absolute atomic E-state index is 0. The molecule has 0 saturated carbocycles. The number of oxazole rings is 1. The van der Waals surface area contributed by atoms with Gasteiger partial charge in [-0.2, -0.15) is 10.2 Å². The van der Waals surface area contributed by atoms with Gasteiger partial charge in [-0.05, 0) is 12.1 Å². The molecule has 0 bridgehead atoms. The molecule has 1 aromatic carbocycles. The van der Waals surface area contributed by atoms with E-state index in [0.717, 1.165) is 31.7 Å². The molecule has 0 atom stereocenters. The number of hydrogen-bond donors (Lipinski definition) is 1. The lowest BCUT2D eigenvalue weighted by Gasteiger charge is -2.26. The Labute approximate surface area is 123 Å². The average molecular weight is 291 g/mol. The summed E-state index contributed by atoms with van der Waals surface area (Å²) in [5, 5.41) is 12.5. The second kappa shape index (κ2) is 6.42. The fraction of sp³-hybridized carbons (Fsp3) is 0.286. The Morgan fingerprint density at radius 1 is 1.20 bits per heavy atom. The van der Waals surface area contributed by atoms with Gasteiger partial charge in [0.2, 0.25) is 17.5 Å². The lowest BCUT2D eigenvalue weighted by Crippen LogP contribution is -2.43. The molecular weight excluding hydrogens is 276 g/mol. The van der Waals surface area contributed by atoms with Crippen LogP contribution in [0.3, 0.4) is 0 Å². The highest BCUT2D eigenvalue weighted by Crippen LogP contribution is 2.28. The average Bonchev–Trinajstić information content (AvgIpc) is 2.93. The molecule has 104 valence electrons. The maximum absolute atomic E-state index is 9.19. The smallest absolute Gasteiger partial charge is 0.235 e. The Balaban J connectivity index is 0.00000147. The predicted octanol–water partition coefficient (Wildman–Crippen LogP) is 2.04. The summed E-state index contributed by atoms with van der Waals surface area (Å²) in [6.07, 6.45) is 0. The Bertz CT molecular complexity index is 599. The number of nitriles is 1. The van der Waals surface area contributed by atoms with Gasteiger partial charge in [0, 0.05) is 31.7 Å². The second-order valence-electron chi connectivity index (χ2n) is 4.39. The summed E-state index contributed by atoms with van der Waals surface area (Å²) in [7, 11) is 0. The minimum atomic E-state index is 0. The first-order valence-electron chi connectivity index (χ1n) is 6.30. The number of nitrogens with one attached hydrogen (secondary N) is 1. The summed E-state index contributed by atoms with van der Waals surface area (Å²) >= 11 is 0. The molecule has 3 rings (SSSR count).